The lowest BCUT2D eigenvalue weighted by molar-refractivity contribution is 0.281. The van der Waals surface area contributed by atoms with Crippen molar-refractivity contribution in [1.82, 2.24) is 4.98 Å². The summed E-state index contributed by atoms with van der Waals surface area (Å²) < 4.78 is 1.17. The summed E-state index contributed by atoms with van der Waals surface area (Å²) in [6.07, 6.45) is 1.76. The van der Waals surface area contributed by atoms with Crippen molar-refractivity contribution in [3.05, 3.63) is 23.7 Å². The first-order valence-corrected chi connectivity index (χ1v) is 6.03. The van der Waals surface area contributed by atoms with Gasteiger partial charge in [0, 0.05) is 29.4 Å². The molecule has 0 fully saturated rings. The monoisotopic (exact) mass is 238 g/mol. The van der Waals surface area contributed by atoms with Crippen LogP contribution in [0.25, 0.3) is 10.1 Å². The zero-order valence-corrected chi connectivity index (χ0v) is 9.65. The Kier molecular flexibility index (Phi) is 3.71. The maximum atomic E-state index is 9.00. The lowest BCUT2D eigenvalue weighted by atomic mass is 10.3. The normalized spacial score (nSPS) is 10.9. The van der Waals surface area contributed by atoms with Crippen LogP contribution in [0.2, 0.25) is 0 Å². The third-order valence-electron chi connectivity index (χ3n) is 2.40. The predicted molar refractivity (Wildman–Crippen MR) is 66.0 cm³/mol. The topological polar surface area (TPSA) is 56.6 Å². The zero-order valence-electron chi connectivity index (χ0n) is 8.83. The van der Waals surface area contributed by atoms with E-state index >= 15 is 0 Å². The summed E-state index contributed by atoms with van der Waals surface area (Å²) in [5.41, 5.74) is 0. The number of anilines is 1. The van der Waals surface area contributed by atoms with E-state index in [-0.39, 0.29) is 13.2 Å². The van der Waals surface area contributed by atoms with Crippen molar-refractivity contribution in [2.45, 2.75) is 0 Å². The highest BCUT2D eigenvalue weighted by Crippen LogP contribution is 2.28. The van der Waals surface area contributed by atoms with E-state index in [1.54, 1.807) is 17.5 Å². The van der Waals surface area contributed by atoms with Crippen molar-refractivity contribution >= 4 is 27.2 Å². The standard InChI is InChI=1S/C11H14N2O2S/c14-6-4-13(5-7-15)11-9-2-8-16-10(9)1-3-12-11/h1-3,8,14-15H,4-7H2. The van der Waals surface area contributed by atoms with Gasteiger partial charge in [-0.25, -0.2) is 4.98 Å². The molecule has 2 rings (SSSR count). The highest BCUT2D eigenvalue weighted by atomic mass is 32.1. The van der Waals surface area contributed by atoms with Crippen molar-refractivity contribution in [3.8, 4) is 0 Å². The van der Waals surface area contributed by atoms with Gasteiger partial charge in [0.1, 0.15) is 5.82 Å². The summed E-state index contributed by atoms with van der Waals surface area (Å²) in [5, 5.41) is 21.1. The lowest BCUT2D eigenvalue weighted by Crippen LogP contribution is -2.30. The molecule has 2 aromatic heterocycles. The molecule has 0 unspecified atom stereocenters. The highest BCUT2D eigenvalue weighted by Gasteiger charge is 2.10. The Morgan fingerprint density at radius 3 is 2.62 bits per heavy atom. The van der Waals surface area contributed by atoms with E-state index in [9.17, 15) is 0 Å². The van der Waals surface area contributed by atoms with Gasteiger partial charge in [0.25, 0.3) is 0 Å². The van der Waals surface area contributed by atoms with Crippen molar-refractivity contribution in [2.75, 3.05) is 31.2 Å². The number of thiophene rings is 1. The van der Waals surface area contributed by atoms with Crippen molar-refractivity contribution in [1.29, 1.82) is 0 Å². The Morgan fingerprint density at radius 2 is 1.94 bits per heavy atom. The molecule has 0 saturated carbocycles. The molecule has 0 saturated heterocycles. The van der Waals surface area contributed by atoms with Gasteiger partial charge in [-0.2, -0.15) is 0 Å². The number of nitrogens with zero attached hydrogens (tertiary/aromatic N) is 2. The van der Waals surface area contributed by atoms with Gasteiger partial charge < -0.3 is 15.1 Å². The smallest absolute Gasteiger partial charge is 0.137 e. The van der Waals surface area contributed by atoms with Gasteiger partial charge in [-0.05, 0) is 17.5 Å². The maximum Gasteiger partial charge on any atom is 0.137 e. The lowest BCUT2D eigenvalue weighted by Gasteiger charge is -2.22. The first-order valence-electron chi connectivity index (χ1n) is 5.15. The van der Waals surface area contributed by atoms with Gasteiger partial charge in [-0.15, -0.1) is 11.3 Å². The second-order valence-corrected chi connectivity index (χ2v) is 4.35. The third kappa shape index (κ3) is 2.16. The van der Waals surface area contributed by atoms with Gasteiger partial charge in [-0.3, -0.25) is 0 Å². The Morgan fingerprint density at radius 1 is 1.19 bits per heavy atom. The fourth-order valence-electron chi connectivity index (χ4n) is 1.70. The van der Waals surface area contributed by atoms with Crippen LogP contribution in [-0.2, 0) is 0 Å². The minimum Gasteiger partial charge on any atom is -0.395 e. The van der Waals surface area contributed by atoms with Crippen molar-refractivity contribution in [2.24, 2.45) is 0 Å². The second kappa shape index (κ2) is 5.25. The molecular weight excluding hydrogens is 224 g/mol. The van der Waals surface area contributed by atoms with E-state index < -0.39 is 0 Å². The number of rotatable bonds is 5. The van der Waals surface area contributed by atoms with Crippen LogP contribution in [0.1, 0.15) is 0 Å². The molecule has 4 nitrogen and oxygen atoms in total. The first-order chi connectivity index (χ1) is 7.86. The Balaban J connectivity index is 2.38. The molecule has 0 bridgehead atoms. The number of hydrogen-bond acceptors (Lipinski definition) is 5. The summed E-state index contributed by atoms with van der Waals surface area (Å²) in [6.45, 7) is 1.09. The summed E-state index contributed by atoms with van der Waals surface area (Å²) in [7, 11) is 0. The SMILES string of the molecule is OCCN(CCO)c1nccc2sccc12. The number of aliphatic hydroxyl groups excluding tert-OH is 2. The highest BCUT2D eigenvalue weighted by molar-refractivity contribution is 7.17. The average molecular weight is 238 g/mol. The summed E-state index contributed by atoms with van der Waals surface area (Å²) in [5.74, 6) is 0.835. The Labute approximate surface area is 97.8 Å². The van der Waals surface area contributed by atoms with E-state index in [0.29, 0.717) is 13.1 Å². The number of aliphatic hydroxyl groups is 2. The fraction of sp³-hybridized carbons (Fsp3) is 0.364. The molecule has 0 aliphatic carbocycles. The molecule has 2 aromatic rings. The van der Waals surface area contributed by atoms with Gasteiger partial charge in [0.15, 0.2) is 0 Å². The summed E-state index contributed by atoms with van der Waals surface area (Å²) in [4.78, 5) is 6.22. The van der Waals surface area contributed by atoms with Gasteiger partial charge >= 0.3 is 0 Å². The van der Waals surface area contributed by atoms with E-state index in [4.69, 9.17) is 10.2 Å². The zero-order chi connectivity index (χ0) is 11.4. The second-order valence-electron chi connectivity index (χ2n) is 3.40. The molecule has 0 amide bonds. The molecule has 16 heavy (non-hydrogen) atoms. The summed E-state index contributed by atoms with van der Waals surface area (Å²) in [6, 6.07) is 3.99. The fourth-order valence-corrected chi connectivity index (χ4v) is 2.47. The van der Waals surface area contributed by atoms with Crippen LogP contribution in [0.5, 0.6) is 0 Å². The van der Waals surface area contributed by atoms with Crippen molar-refractivity contribution < 1.29 is 10.2 Å². The van der Waals surface area contributed by atoms with Crippen LogP contribution >= 0.6 is 11.3 Å². The van der Waals surface area contributed by atoms with Crippen LogP contribution in [-0.4, -0.2) is 41.5 Å². The number of pyridine rings is 1. The van der Waals surface area contributed by atoms with Gasteiger partial charge in [-0.1, -0.05) is 0 Å². The number of fused-ring (bicyclic) bond motifs is 1. The molecule has 0 spiro atoms. The number of hydrogen-bond donors (Lipinski definition) is 2. The molecule has 5 heteroatoms. The van der Waals surface area contributed by atoms with Crippen molar-refractivity contribution in [3.63, 3.8) is 0 Å². The minimum absolute atomic E-state index is 0.0577. The molecule has 0 aliphatic rings. The van der Waals surface area contributed by atoms with Crippen LogP contribution in [0.3, 0.4) is 0 Å². The third-order valence-corrected chi connectivity index (χ3v) is 3.28. The van der Waals surface area contributed by atoms with Gasteiger partial charge in [0.05, 0.1) is 13.2 Å². The predicted octanol–water partition coefficient (Wildman–Crippen LogP) is 1.09. The van der Waals surface area contributed by atoms with Crippen LogP contribution in [0.15, 0.2) is 23.7 Å². The Bertz CT molecular complexity index is 452. The minimum atomic E-state index is 0.0577. The number of aromatic nitrogens is 1. The molecule has 86 valence electrons. The van der Waals surface area contributed by atoms with Crippen LogP contribution in [0.4, 0.5) is 5.82 Å². The van der Waals surface area contributed by atoms with E-state index in [0.717, 1.165) is 11.2 Å². The largest absolute Gasteiger partial charge is 0.395 e. The van der Waals surface area contributed by atoms with Crippen LogP contribution in [0, 0.1) is 0 Å². The molecule has 0 radical (unpaired) electrons. The average Bonchev–Trinajstić information content (AvgIpc) is 2.76. The van der Waals surface area contributed by atoms with E-state index in [1.807, 2.05) is 22.4 Å². The maximum absolute atomic E-state index is 9.00. The van der Waals surface area contributed by atoms with E-state index in [2.05, 4.69) is 4.98 Å². The van der Waals surface area contributed by atoms with Crippen LogP contribution < -0.4 is 4.90 Å². The molecule has 0 atom stereocenters. The molecule has 2 heterocycles. The molecule has 2 N–H and O–H groups in total. The van der Waals surface area contributed by atoms with Gasteiger partial charge in [0.2, 0.25) is 0 Å². The first kappa shape index (κ1) is 11.3. The Hall–Kier alpha value is -1.17. The summed E-state index contributed by atoms with van der Waals surface area (Å²) >= 11 is 1.66. The molecular formula is C11H14N2O2S. The van der Waals surface area contributed by atoms with E-state index in [1.165, 1.54) is 4.70 Å². The quantitative estimate of drug-likeness (QED) is 0.818. The molecule has 0 aliphatic heterocycles. The molecule has 0 aromatic carbocycles.